The Morgan fingerprint density at radius 3 is 1.26 bits per heavy atom. The van der Waals surface area contributed by atoms with Gasteiger partial charge in [-0.1, -0.05) is 18.2 Å². The topological polar surface area (TPSA) is 81.6 Å². The molecule has 2 heterocycles. The van der Waals surface area contributed by atoms with E-state index in [1.165, 1.54) is 68.4 Å². The van der Waals surface area contributed by atoms with Crippen molar-refractivity contribution in [3.8, 4) is 22.5 Å². The third-order valence-corrected chi connectivity index (χ3v) is 26.5. The number of hydrogen-bond donors (Lipinski definition) is 0. The lowest BCUT2D eigenvalue weighted by Gasteiger charge is -2.27. The minimum atomic E-state index is -0.694. The molecule has 7 nitrogen and oxygen atoms in total. The maximum absolute atomic E-state index is 13.6. The van der Waals surface area contributed by atoms with Crippen LogP contribution in [0, 0.1) is 11.6 Å². The highest BCUT2D eigenvalue weighted by molar-refractivity contribution is 8.75. The summed E-state index contributed by atoms with van der Waals surface area (Å²) in [5, 5.41) is 0. The Labute approximate surface area is 342 Å². The van der Waals surface area contributed by atoms with Crippen LogP contribution in [0.15, 0.2) is 103 Å². The predicted molar refractivity (Wildman–Crippen MR) is 239 cm³/mol. The molecule has 5 aromatic rings. The van der Waals surface area contributed by atoms with Crippen LogP contribution in [0.25, 0.3) is 22.5 Å². The summed E-state index contributed by atoms with van der Waals surface area (Å²) in [6.07, 6.45) is 0. The van der Waals surface area contributed by atoms with E-state index in [1.807, 2.05) is 0 Å². The molecule has 0 radical (unpaired) electrons. The molecule has 0 amide bonds. The summed E-state index contributed by atoms with van der Waals surface area (Å²) in [5.41, 5.74) is 2.59. The van der Waals surface area contributed by atoms with Gasteiger partial charge in [-0.15, -0.1) is 0 Å². The minimum absolute atomic E-state index is 0.0679. The van der Waals surface area contributed by atoms with Gasteiger partial charge in [0.15, 0.2) is 0 Å². The maximum atomic E-state index is 13.6. The highest BCUT2D eigenvalue weighted by Crippen LogP contribution is 2.39. The van der Waals surface area contributed by atoms with Crippen molar-refractivity contribution in [3.05, 3.63) is 126 Å². The molecule has 2 aromatic heterocycles. The summed E-state index contributed by atoms with van der Waals surface area (Å²) in [6.45, 7) is 0. The lowest BCUT2D eigenvalue weighted by atomic mass is 10.0. The molecule has 3 aromatic carbocycles. The Kier molecular flexibility index (Phi) is 18.8. The monoisotopic (exact) mass is 935 g/mol. The van der Waals surface area contributed by atoms with E-state index in [2.05, 4.69) is 22.4 Å². The molecule has 0 spiro atoms. The van der Waals surface area contributed by atoms with Gasteiger partial charge in [-0.2, -0.15) is 0 Å². The van der Waals surface area contributed by atoms with Gasteiger partial charge in [0, 0.05) is 122 Å². The first-order valence-corrected chi connectivity index (χ1v) is 29.0. The van der Waals surface area contributed by atoms with Crippen molar-refractivity contribution < 1.29 is 27.8 Å². The number of pyridine rings is 2. The average molecular weight is 936 g/mol. The molecule has 0 N–H and O–H groups in total. The van der Waals surface area contributed by atoms with Crippen molar-refractivity contribution in [2.75, 3.05) is 19.1 Å². The molecule has 53 heavy (non-hydrogen) atoms. The Morgan fingerprint density at radius 2 is 0.906 bits per heavy atom. The smallest absolute Gasteiger partial charge is 0.340 e. The van der Waals surface area contributed by atoms with Crippen LogP contribution in [0.4, 0.5) is 26.1 Å². The van der Waals surface area contributed by atoms with Gasteiger partial charge in [0.05, 0.1) is 42.4 Å². The number of carbonyl (C=O) groups is 2. The number of benzene rings is 3. The van der Waals surface area contributed by atoms with E-state index in [1.54, 1.807) is 143 Å². The summed E-state index contributed by atoms with van der Waals surface area (Å²) < 4.78 is 37.3. The van der Waals surface area contributed by atoms with Crippen LogP contribution in [0.1, 0.15) is 20.7 Å². The summed E-state index contributed by atoms with van der Waals surface area (Å²) in [4.78, 5) is 37.1. The number of halogens is 2. The highest BCUT2D eigenvalue weighted by atomic mass is 33.4. The Hall–Kier alpha value is -2.80. The van der Waals surface area contributed by atoms with E-state index in [4.69, 9.17) is 19.4 Å². The van der Waals surface area contributed by atoms with Crippen LogP contribution in [-0.4, -0.2) is 36.1 Å². The SMILES string of the molecule is COC(=O)c1cccc(C(=O)OC)c1N(c1cccc(-c2ccc(F)cc2)n1)c1cccc(-c2ccc(F)cc2)n1.S=S=S=S=S=S=S=S=S=S=S=S. The molecule has 0 atom stereocenters. The predicted octanol–water partition coefficient (Wildman–Crippen LogP) is 7.10. The van der Waals surface area contributed by atoms with Crippen LogP contribution in [0.5, 0.6) is 0 Å². The third kappa shape index (κ3) is 12.9. The summed E-state index contributed by atoms with van der Waals surface area (Å²) in [7, 11) is 18.8. The van der Waals surface area contributed by atoms with Crippen LogP contribution in [0.2, 0.25) is 0 Å². The Morgan fingerprint density at radius 1 is 0.547 bits per heavy atom. The molecule has 0 saturated carbocycles. The average Bonchev–Trinajstić information content (AvgIpc) is 3.19. The molecular weight excluding hydrogens is 913 g/mol. The normalized spacial score (nSPS) is 9.81. The van der Waals surface area contributed by atoms with Crippen molar-refractivity contribution in [1.29, 1.82) is 0 Å². The molecule has 0 bridgehead atoms. The number of carbonyl (C=O) groups excluding carboxylic acids is 2. The summed E-state index contributed by atoms with van der Waals surface area (Å²) in [5.74, 6) is -1.56. The zero-order chi connectivity index (χ0) is 38.0. The lowest BCUT2D eigenvalue weighted by molar-refractivity contribution is 0.0601. The van der Waals surface area contributed by atoms with Crippen LogP contribution in [-0.2, 0) is 121 Å². The van der Waals surface area contributed by atoms with Crippen molar-refractivity contribution >= 4 is 140 Å². The van der Waals surface area contributed by atoms with Crippen LogP contribution in [0.3, 0.4) is 0 Å². The molecule has 276 valence electrons. The van der Waals surface area contributed by atoms with E-state index in [0.717, 1.165) is 0 Å². The number of methoxy groups -OCH3 is 2. The molecule has 0 fully saturated rings. The summed E-state index contributed by atoms with van der Waals surface area (Å²) in [6, 6.07) is 26.7. The first-order valence-electron chi connectivity index (χ1n) is 14.3. The van der Waals surface area contributed by atoms with Gasteiger partial charge >= 0.3 is 11.9 Å². The van der Waals surface area contributed by atoms with Gasteiger partial charge in [-0.25, -0.2) is 28.3 Å². The van der Waals surface area contributed by atoms with Gasteiger partial charge in [-0.05, 0) is 84.9 Å². The zero-order valence-electron chi connectivity index (χ0n) is 26.9. The first kappa shape index (κ1) is 42.9. The van der Waals surface area contributed by atoms with Crippen LogP contribution < -0.4 is 4.90 Å². The number of esters is 2. The number of ether oxygens (including phenoxy) is 2. The molecule has 0 saturated heterocycles. The number of para-hydroxylation sites is 1. The van der Waals surface area contributed by atoms with E-state index in [-0.39, 0.29) is 28.4 Å². The maximum Gasteiger partial charge on any atom is 0.340 e. The highest BCUT2D eigenvalue weighted by Gasteiger charge is 2.29. The molecule has 0 aliphatic carbocycles. The number of nitrogens with zero attached hydrogens (tertiary/aromatic N) is 3. The number of aromatic nitrogens is 2. The Bertz CT molecular complexity index is 2400. The second-order valence-corrected chi connectivity index (χ2v) is 27.2. The molecule has 0 aliphatic rings. The van der Waals surface area contributed by atoms with Crippen molar-refractivity contribution in [2.24, 2.45) is 0 Å². The first-order chi connectivity index (χ1) is 25.8. The van der Waals surface area contributed by atoms with Crippen molar-refractivity contribution in [2.45, 2.75) is 0 Å². The second kappa shape index (κ2) is 23.2. The molecule has 21 heteroatoms. The summed E-state index contributed by atoms with van der Waals surface area (Å²) >= 11 is 9.38. The van der Waals surface area contributed by atoms with E-state index in [9.17, 15) is 18.4 Å². The van der Waals surface area contributed by atoms with E-state index >= 15 is 0 Å². The standard InChI is InChI=1S/C32H23F2N3O4.S12/c1-40-31(38)24-6-3-7-25(32(39)41-2)30(24)37(28-10-4-8-26(35-28)20-12-16-22(33)17-13-20)29-11-5-9-27(36-29)21-14-18-23(34)19-15-21;1-3-5-7-9-11-12-10-8-6-4-2/h3-19H,1-2H3;. The van der Waals surface area contributed by atoms with Gasteiger partial charge in [0.25, 0.3) is 0 Å². The third-order valence-electron chi connectivity index (χ3n) is 6.53. The van der Waals surface area contributed by atoms with Gasteiger partial charge in [0.1, 0.15) is 23.3 Å². The zero-order valence-corrected chi connectivity index (χ0v) is 36.7. The molecular formula is C32H23F2N3O4S12. The van der Waals surface area contributed by atoms with Gasteiger partial charge in [0.2, 0.25) is 0 Å². The largest absolute Gasteiger partial charge is 0.465 e. The number of rotatable bonds is 7. The molecule has 5 rings (SSSR count). The minimum Gasteiger partial charge on any atom is -0.465 e. The quantitative estimate of drug-likeness (QED) is 0.159. The van der Waals surface area contributed by atoms with Gasteiger partial charge in [-0.3, -0.25) is 4.90 Å². The molecule has 0 aliphatic heterocycles. The Balaban J connectivity index is 0.000000450. The second-order valence-electron chi connectivity index (χ2n) is 9.48. The van der Waals surface area contributed by atoms with Crippen LogP contribution >= 0.6 is 0 Å². The fourth-order valence-electron chi connectivity index (χ4n) is 4.43. The van der Waals surface area contributed by atoms with Gasteiger partial charge < -0.3 is 9.47 Å². The number of hydrogen-bond acceptors (Lipinski definition) is 9. The van der Waals surface area contributed by atoms with E-state index < -0.39 is 11.9 Å². The number of anilines is 3. The van der Waals surface area contributed by atoms with E-state index in [0.29, 0.717) is 34.2 Å². The lowest BCUT2D eigenvalue weighted by Crippen LogP contribution is -2.21. The fourth-order valence-corrected chi connectivity index (χ4v) is 26.4. The molecule has 0 unspecified atom stereocenters. The van der Waals surface area contributed by atoms with Crippen molar-refractivity contribution in [1.82, 2.24) is 9.97 Å². The fraction of sp³-hybridized carbons (Fsp3) is 0.0625. The van der Waals surface area contributed by atoms with Crippen molar-refractivity contribution in [3.63, 3.8) is 0 Å².